The van der Waals surface area contributed by atoms with E-state index in [4.69, 9.17) is 18.8 Å². The van der Waals surface area contributed by atoms with Crippen LogP contribution in [0.3, 0.4) is 0 Å². The van der Waals surface area contributed by atoms with Crippen LogP contribution in [0.1, 0.15) is 38.2 Å². The summed E-state index contributed by atoms with van der Waals surface area (Å²) in [5.41, 5.74) is 0.641. The minimum atomic E-state index is -0.578. The lowest BCUT2D eigenvalue weighted by Crippen LogP contribution is -2.41. The highest BCUT2D eigenvalue weighted by Gasteiger charge is 2.53. The zero-order valence-electron chi connectivity index (χ0n) is 15.7. The van der Waals surface area contributed by atoms with Gasteiger partial charge < -0.3 is 24.1 Å². The van der Waals surface area contributed by atoms with Crippen LogP contribution in [0.5, 0.6) is 11.5 Å². The third-order valence-corrected chi connectivity index (χ3v) is 5.20. The maximum atomic E-state index is 12.4. The molecule has 8 heteroatoms. The highest BCUT2D eigenvalue weighted by Crippen LogP contribution is 2.42. The van der Waals surface area contributed by atoms with Crippen molar-refractivity contribution in [2.75, 3.05) is 12.1 Å². The lowest BCUT2D eigenvalue weighted by Gasteiger charge is -2.32. The summed E-state index contributed by atoms with van der Waals surface area (Å²) in [6, 6.07) is 8.74. The molecule has 1 amide bonds. The molecule has 2 aliphatic heterocycles. The van der Waals surface area contributed by atoms with Gasteiger partial charge in [0, 0.05) is 11.7 Å². The normalized spacial score (nSPS) is 19.2. The Bertz CT molecular complexity index is 869. The Morgan fingerprint density at radius 1 is 1.04 bits per heavy atom. The molecule has 27 heavy (non-hydrogen) atoms. The number of fused-ring (bicyclic) bond motifs is 1. The second-order valence-corrected chi connectivity index (χ2v) is 7.52. The van der Waals surface area contributed by atoms with Crippen molar-refractivity contribution < 1.29 is 23.6 Å². The van der Waals surface area contributed by atoms with Crippen molar-refractivity contribution in [2.45, 2.75) is 38.9 Å². The van der Waals surface area contributed by atoms with Gasteiger partial charge in [0.05, 0.1) is 16.9 Å². The van der Waals surface area contributed by atoms with E-state index >= 15 is 0 Å². The predicted octanol–water partition coefficient (Wildman–Crippen LogP) is 2.36. The number of nitrogens with zero attached hydrogens (tertiary/aromatic N) is 1. The molecule has 1 aromatic carbocycles. The Morgan fingerprint density at radius 2 is 1.74 bits per heavy atom. The number of carbonyl (C=O) groups excluding carboxylic acids is 1. The van der Waals surface area contributed by atoms with Crippen LogP contribution in [-0.4, -0.2) is 36.0 Å². The molecule has 1 N–H and O–H groups in total. The first-order chi connectivity index (χ1) is 12.8. The maximum absolute atomic E-state index is 12.4. The van der Waals surface area contributed by atoms with Crippen molar-refractivity contribution in [1.29, 1.82) is 0 Å². The quantitative estimate of drug-likeness (QED) is 0.838. The van der Waals surface area contributed by atoms with Crippen molar-refractivity contribution >= 4 is 24.2 Å². The Hall–Kier alpha value is -2.58. The van der Waals surface area contributed by atoms with Crippen molar-refractivity contribution in [2.24, 2.45) is 0 Å². The first kappa shape index (κ1) is 17.8. The maximum Gasteiger partial charge on any atom is 0.498 e. The first-order valence-electron chi connectivity index (χ1n) is 8.79. The number of hydrogen-bond acceptors (Lipinski definition) is 6. The summed E-state index contributed by atoms with van der Waals surface area (Å²) >= 11 is 0. The number of amides is 1. The standard InChI is InChI=1S/C19H21BN2O5/c1-18(2)19(3,4)27-20(26-18)12-8-9-13(16-15(12)24-11-25-16)22-17(23)14-7-5-6-10-21-14/h5-10H,11H2,1-4H3,(H,22,23). The van der Waals surface area contributed by atoms with E-state index in [9.17, 15) is 4.79 Å². The fourth-order valence-corrected chi connectivity index (χ4v) is 2.95. The molecule has 1 fully saturated rings. The molecule has 1 saturated heterocycles. The molecule has 1 aromatic heterocycles. The monoisotopic (exact) mass is 368 g/mol. The predicted molar refractivity (Wildman–Crippen MR) is 100 cm³/mol. The average molecular weight is 368 g/mol. The molecule has 4 rings (SSSR count). The van der Waals surface area contributed by atoms with Crippen LogP contribution in [0.15, 0.2) is 36.5 Å². The van der Waals surface area contributed by atoms with E-state index in [0.29, 0.717) is 22.9 Å². The van der Waals surface area contributed by atoms with Crippen LogP contribution in [0, 0.1) is 0 Å². The lowest BCUT2D eigenvalue weighted by atomic mass is 9.78. The summed E-state index contributed by atoms with van der Waals surface area (Å²) in [5.74, 6) is 0.662. The molecule has 0 atom stereocenters. The van der Waals surface area contributed by atoms with Crippen molar-refractivity contribution in [1.82, 2.24) is 4.98 Å². The third kappa shape index (κ3) is 3.04. The van der Waals surface area contributed by atoms with Crippen LogP contribution < -0.4 is 20.3 Å². The van der Waals surface area contributed by atoms with Crippen molar-refractivity contribution in [3.05, 3.63) is 42.2 Å². The molecule has 0 radical (unpaired) electrons. The van der Waals surface area contributed by atoms with Gasteiger partial charge in [-0.3, -0.25) is 9.78 Å². The second-order valence-electron chi connectivity index (χ2n) is 7.52. The summed E-state index contributed by atoms with van der Waals surface area (Å²) in [4.78, 5) is 16.5. The van der Waals surface area contributed by atoms with Gasteiger partial charge in [-0.1, -0.05) is 12.1 Å². The number of benzene rings is 1. The molecular weight excluding hydrogens is 347 g/mol. The smallest absolute Gasteiger partial charge is 0.454 e. The molecule has 3 heterocycles. The third-order valence-electron chi connectivity index (χ3n) is 5.20. The molecule has 0 unspecified atom stereocenters. The summed E-state index contributed by atoms with van der Waals surface area (Å²) in [7, 11) is -0.578. The molecule has 140 valence electrons. The molecule has 0 spiro atoms. The van der Waals surface area contributed by atoms with E-state index in [1.54, 1.807) is 30.5 Å². The fourth-order valence-electron chi connectivity index (χ4n) is 2.95. The van der Waals surface area contributed by atoms with Crippen LogP contribution >= 0.6 is 0 Å². The largest absolute Gasteiger partial charge is 0.498 e. The van der Waals surface area contributed by atoms with Gasteiger partial charge in [0.2, 0.25) is 6.79 Å². The van der Waals surface area contributed by atoms with Gasteiger partial charge in [0.1, 0.15) is 5.69 Å². The van der Waals surface area contributed by atoms with Crippen LogP contribution in [0.2, 0.25) is 0 Å². The van der Waals surface area contributed by atoms with Crippen molar-refractivity contribution in [3.63, 3.8) is 0 Å². The van der Waals surface area contributed by atoms with Crippen LogP contribution in [0.25, 0.3) is 0 Å². The minimum Gasteiger partial charge on any atom is -0.454 e. The molecule has 7 nitrogen and oxygen atoms in total. The molecule has 2 aromatic rings. The second kappa shape index (κ2) is 6.25. The van der Waals surface area contributed by atoms with E-state index < -0.39 is 18.3 Å². The number of rotatable bonds is 3. The molecular formula is C19H21BN2O5. The number of aromatic nitrogens is 1. The number of ether oxygens (including phenoxy) is 2. The van der Waals surface area contributed by atoms with Gasteiger partial charge in [-0.2, -0.15) is 0 Å². The van der Waals surface area contributed by atoms with Gasteiger partial charge in [-0.05, 0) is 45.9 Å². The summed E-state index contributed by atoms with van der Waals surface area (Å²) < 4.78 is 23.5. The van der Waals surface area contributed by atoms with Gasteiger partial charge in [-0.25, -0.2) is 0 Å². The van der Waals surface area contributed by atoms with Gasteiger partial charge >= 0.3 is 7.12 Å². The van der Waals surface area contributed by atoms with Crippen LogP contribution in [0.4, 0.5) is 5.69 Å². The SMILES string of the molecule is CC1(C)OB(c2ccc(NC(=O)c3ccccn3)c3c2OCO3)OC1(C)C. The topological polar surface area (TPSA) is 78.9 Å². The Morgan fingerprint density at radius 3 is 2.41 bits per heavy atom. The number of anilines is 1. The Balaban J connectivity index is 1.63. The summed E-state index contributed by atoms with van der Waals surface area (Å²) in [6.45, 7) is 8.04. The number of hydrogen-bond donors (Lipinski definition) is 1. The summed E-state index contributed by atoms with van der Waals surface area (Å²) in [6.07, 6.45) is 1.57. The van der Waals surface area contributed by atoms with Crippen LogP contribution in [-0.2, 0) is 9.31 Å². The highest BCUT2D eigenvalue weighted by atomic mass is 16.7. The Labute approximate surface area is 158 Å². The number of carbonyl (C=O) groups is 1. The minimum absolute atomic E-state index is 0.0678. The van der Waals surface area contributed by atoms with E-state index in [-0.39, 0.29) is 12.7 Å². The number of pyridine rings is 1. The zero-order valence-corrected chi connectivity index (χ0v) is 15.7. The highest BCUT2D eigenvalue weighted by molar-refractivity contribution is 6.63. The first-order valence-corrected chi connectivity index (χ1v) is 8.79. The molecule has 0 saturated carbocycles. The number of nitrogens with one attached hydrogen (secondary N) is 1. The van der Waals surface area contributed by atoms with E-state index in [1.807, 2.05) is 33.8 Å². The summed E-state index contributed by atoms with van der Waals surface area (Å²) in [5, 5.41) is 2.82. The molecule has 0 bridgehead atoms. The van der Waals surface area contributed by atoms with E-state index in [0.717, 1.165) is 5.46 Å². The van der Waals surface area contributed by atoms with E-state index in [2.05, 4.69) is 10.3 Å². The lowest BCUT2D eigenvalue weighted by molar-refractivity contribution is 0.00578. The van der Waals surface area contributed by atoms with Gasteiger partial charge in [0.25, 0.3) is 5.91 Å². The Kier molecular flexibility index (Phi) is 4.12. The van der Waals surface area contributed by atoms with Crippen molar-refractivity contribution in [3.8, 4) is 11.5 Å². The van der Waals surface area contributed by atoms with Gasteiger partial charge in [-0.15, -0.1) is 0 Å². The average Bonchev–Trinajstić information content (AvgIpc) is 3.19. The van der Waals surface area contributed by atoms with Gasteiger partial charge in [0.15, 0.2) is 11.5 Å². The molecule has 2 aliphatic rings. The fraction of sp³-hybridized carbons (Fsp3) is 0.368. The zero-order chi connectivity index (χ0) is 19.2. The molecule has 0 aliphatic carbocycles. The van der Waals surface area contributed by atoms with E-state index in [1.165, 1.54) is 0 Å².